The molecule has 1 rings (SSSR count). The normalized spacial score (nSPS) is 32.7. The Morgan fingerprint density at radius 2 is 1.93 bits per heavy atom. The molecule has 2 N–H and O–H groups in total. The van der Waals surface area contributed by atoms with E-state index in [4.69, 9.17) is 5.73 Å². The molecule has 0 amide bonds. The van der Waals surface area contributed by atoms with Gasteiger partial charge in [0.25, 0.3) is 0 Å². The molecule has 1 aliphatic rings. The van der Waals surface area contributed by atoms with Crippen LogP contribution in [0.15, 0.2) is 12.7 Å². The summed E-state index contributed by atoms with van der Waals surface area (Å²) in [6.45, 7) is 11.8. The van der Waals surface area contributed by atoms with E-state index in [9.17, 15) is 0 Å². The lowest BCUT2D eigenvalue weighted by atomic mass is 9.65. The van der Waals surface area contributed by atoms with Crippen LogP contribution in [0, 0.1) is 23.2 Å². The van der Waals surface area contributed by atoms with E-state index in [1.54, 1.807) is 0 Å². The van der Waals surface area contributed by atoms with Gasteiger partial charge < -0.3 is 5.73 Å². The quantitative estimate of drug-likeness (QED) is 0.706. The molecule has 0 saturated heterocycles. The van der Waals surface area contributed by atoms with E-state index in [0.717, 1.165) is 30.7 Å². The van der Waals surface area contributed by atoms with Crippen molar-refractivity contribution in [2.24, 2.45) is 28.9 Å². The minimum atomic E-state index is 0.457. The number of hydrogen-bond acceptors (Lipinski definition) is 1. The molecular weight excluding hydrogens is 182 g/mol. The summed E-state index contributed by atoms with van der Waals surface area (Å²) in [5.41, 5.74) is 6.30. The Morgan fingerprint density at radius 1 is 1.27 bits per heavy atom. The highest BCUT2D eigenvalue weighted by Crippen LogP contribution is 2.43. The van der Waals surface area contributed by atoms with E-state index in [2.05, 4.69) is 33.4 Å². The van der Waals surface area contributed by atoms with Crippen molar-refractivity contribution in [2.45, 2.75) is 46.5 Å². The highest BCUT2D eigenvalue weighted by molar-refractivity contribution is 4.88. The maximum absolute atomic E-state index is 5.84. The molecule has 0 aromatic rings. The molecule has 0 heterocycles. The summed E-state index contributed by atoms with van der Waals surface area (Å²) in [6.07, 6.45) is 7.24. The van der Waals surface area contributed by atoms with Crippen LogP contribution in [0.25, 0.3) is 0 Å². The van der Waals surface area contributed by atoms with E-state index in [0.29, 0.717) is 5.41 Å². The molecule has 0 aliphatic heterocycles. The van der Waals surface area contributed by atoms with E-state index in [1.165, 1.54) is 19.3 Å². The first-order chi connectivity index (χ1) is 6.99. The van der Waals surface area contributed by atoms with Gasteiger partial charge in [-0.25, -0.2) is 0 Å². The summed E-state index contributed by atoms with van der Waals surface area (Å²) in [5, 5.41) is 0. The van der Waals surface area contributed by atoms with Gasteiger partial charge in [-0.2, -0.15) is 0 Å². The lowest BCUT2D eigenvalue weighted by Gasteiger charge is -2.41. The van der Waals surface area contributed by atoms with Gasteiger partial charge in [0.05, 0.1) is 0 Å². The first kappa shape index (κ1) is 12.8. The predicted octanol–water partition coefficient (Wildman–Crippen LogP) is 3.60. The van der Waals surface area contributed by atoms with Crippen molar-refractivity contribution < 1.29 is 0 Å². The maximum Gasteiger partial charge on any atom is -0.00461 e. The van der Waals surface area contributed by atoms with Crippen molar-refractivity contribution in [1.82, 2.24) is 0 Å². The standard InChI is InChI=1S/C14H27N/c1-5-6-11-9-13(14(2,3)4)8-7-12(11)10-15/h5,11-13H,1,6-10,15H2,2-4H3. The molecule has 0 aromatic carbocycles. The minimum absolute atomic E-state index is 0.457. The zero-order valence-electron chi connectivity index (χ0n) is 10.6. The number of rotatable bonds is 3. The van der Waals surface area contributed by atoms with E-state index in [-0.39, 0.29) is 0 Å². The maximum atomic E-state index is 5.84. The lowest BCUT2D eigenvalue weighted by Crippen LogP contribution is -2.34. The van der Waals surface area contributed by atoms with Crippen LogP contribution < -0.4 is 5.73 Å². The van der Waals surface area contributed by atoms with Gasteiger partial charge in [0, 0.05) is 0 Å². The molecule has 1 aliphatic carbocycles. The Kier molecular flexibility index (Phi) is 4.39. The van der Waals surface area contributed by atoms with Crippen molar-refractivity contribution >= 4 is 0 Å². The summed E-state index contributed by atoms with van der Waals surface area (Å²) < 4.78 is 0. The topological polar surface area (TPSA) is 26.0 Å². The van der Waals surface area contributed by atoms with Crippen LogP contribution in [-0.4, -0.2) is 6.54 Å². The third-order valence-electron chi connectivity index (χ3n) is 4.14. The molecule has 0 bridgehead atoms. The van der Waals surface area contributed by atoms with Crippen LogP contribution >= 0.6 is 0 Å². The molecule has 15 heavy (non-hydrogen) atoms. The highest BCUT2D eigenvalue weighted by atomic mass is 14.6. The molecule has 1 nitrogen and oxygen atoms in total. The minimum Gasteiger partial charge on any atom is -0.330 e. The fourth-order valence-electron chi connectivity index (χ4n) is 2.93. The Hall–Kier alpha value is -0.300. The summed E-state index contributed by atoms with van der Waals surface area (Å²) in [4.78, 5) is 0. The highest BCUT2D eigenvalue weighted by Gasteiger charge is 2.34. The molecular formula is C14H27N. The Bertz CT molecular complexity index is 202. The van der Waals surface area contributed by atoms with Crippen LogP contribution in [0.3, 0.4) is 0 Å². The zero-order valence-corrected chi connectivity index (χ0v) is 10.6. The molecule has 3 unspecified atom stereocenters. The fraction of sp³-hybridized carbons (Fsp3) is 0.857. The van der Waals surface area contributed by atoms with Gasteiger partial charge in [-0.1, -0.05) is 26.8 Å². The van der Waals surface area contributed by atoms with Crippen molar-refractivity contribution in [3.63, 3.8) is 0 Å². The van der Waals surface area contributed by atoms with Gasteiger partial charge in [0.1, 0.15) is 0 Å². The molecule has 1 heteroatoms. The molecule has 3 atom stereocenters. The van der Waals surface area contributed by atoms with Crippen molar-refractivity contribution in [3.05, 3.63) is 12.7 Å². The van der Waals surface area contributed by atoms with Crippen molar-refractivity contribution in [1.29, 1.82) is 0 Å². The Morgan fingerprint density at radius 3 is 2.40 bits per heavy atom. The summed E-state index contributed by atoms with van der Waals surface area (Å²) in [5.74, 6) is 2.39. The molecule has 1 fully saturated rings. The van der Waals surface area contributed by atoms with E-state index in [1.807, 2.05) is 0 Å². The Labute approximate surface area is 95.1 Å². The lowest BCUT2D eigenvalue weighted by molar-refractivity contribution is 0.102. The first-order valence-electron chi connectivity index (χ1n) is 6.30. The smallest absolute Gasteiger partial charge is 0.00461 e. The number of hydrogen-bond donors (Lipinski definition) is 1. The monoisotopic (exact) mass is 209 g/mol. The van der Waals surface area contributed by atoms with Crippen molar-refractivity contribution in [2.75, 3.05) is 6.54 Å². The van der Waals surface area contributed by atoms with Crippen LogP contribution in [0.4, 0.5) is 0 Å². The second-order valence-electron chi connectivity index (χ2n) is 6.16. The zero-order chi connectivity index (χ0) is 11.5. The summed E-state index contributed by atoms with van der Waals surface area (Å²) in [7, 11) is 0. The second-order valence-corrected chi connectivity index (χ2v) is 6.16. The molecule has 88 valence electrons. The predicted molar refractivity (Wildman–Crippen MR) is 67.6 cm³/mol. The van der Waals surface area contributed by atoms with Crippen LogP contribution in [0.1, 0.15) is 46.5 Å². The summed E-state index contributed by atoms with van der Waals surface area (Å²) in [6, 6.07) is 0. The molecule has 0 radical (unpaired) electrons. The third-order valence-corrected chi connectivity index (χ3v) is 4.14. The van der Waals surface area contributed by atoms with Gasteiger partial charge >= 0.3 is 0 Å². The van der Waals surface area contributed by atoms with Gasteiger partial charge in [0.2, 0.25) is 0 Å². The molecule has 1 saturated carbocycles. The van der Waals surface area contributed by atoms with E-state index >= 15 is 0 Å². The first-order valence-corrected chi connectivity index (χ1v) is 6.30. The van der Waals surface area contributed by atoms with Crippen LogP contribution in [0.2, 0.25) is 0 Å². The third kappa shape index (κ3) is 3.34. The van der Waals surface area contributed by atoms with Gasteiger partial charge in [-0.05, 0) is 55.4 Å². The van der Waals surface area contributed by atoms with Crippen LogP contribution in [0.5, 0.6) is 0 Å². The summed E-state index contributed by atoms with van der Waals surface area (Å²) >= 11 is 0. The molecule has 0 spiro atoms. The van der Waals surface area contributed by atoms with Crippen molar-refractivity contribution in [3.8, 4) is 0 Å². The Balaban J connectivity index is 2.61. The van der Waals surface area contributed by atoms with E-state index < -0.39 is 0 Å². The largest absolute Gasteiger partial charge is 0.330 e. The number of nitrogens with two attached hydrogens (primary N) is 1. The fourth-order valence-corrected chi connectivity index (χ4v) is 2.93. The second kappa shape index (κ2) is 5.16. The average molecular weight is 209 g/mol. The SMILES string of the molecule is C=CCC1CC(C(C)(C)C)CCC1CN. The van der Waals surface area contributed by atoms with Crippen LogP contribution in [-0.2, 0) is 0 Å². The van der Waals surface area contributed by atoms with Gasteiger partial charge in [0.15, 0.2) is 0 Å². The number of allylic oxidation sites excluding steroid dienone is 1. The van der Waals surface area contributed by atoms with Gasteiger partial charge in [-0.15, -0.1) is 6.58 Å². The average Bonchev–Trinajstić information content (AvgIpc) is 2.17. The van der Waals surface area contributed by atoms with Gasteiger partial charge in [-0.3, -0.25) is 0 Å². The molecule has 0 aromatic heterocycles.